The lowest BCUT2D eigenvalue weighted by atomic mass is 10.2. The lowest BCUT2D eigenvalue weighted by molar-refractivity contribution is 0.0937. The third-order valence-electron chi connectivity index (χ3n) is 4.53. The molecular formula is C19H21N3O3. The minimum Gasteiger partial charge on any atom is -0.486 e. The van der Waals surface area contributed by atoms with Gasteiger partial charge >= 0.3 is 0 Å². The Bertz CT molecular complexity index is 755. The first-order valence-corrected chi connectivity index (χ1v) is 8.71. The van der Waals surface area contributed by atoms with Crippen molar-refractivity contribution in [1.29, 1.82) is 0 Å². The molecule has 1 saturated carbocycles. The molecule has 0 atom stereocenters. The molecule has 4 rings (SSSR count). The molecule has 2 aliphatic rings. The largest absolute Gasteiger partial charge is 0.486 e. The summed E-state index contributed by atoms with van der Waals surface area (Å²) in [7, 11) is 0. The van der Waals surface area contributed by atoms with E-state index in [1.54, 1.807) is 18.3 Å². The van der Waals surface area contributed by atoms with Crippen LogP contribution >= 0.6 is 0 Å². The van der Waals surface area contributed by atoms with Crippen molar-refractivity contribution in [3.05, 3.63) is 42.1 Å². The van der Waals surface area contributed by atoms with Crippen molar-refractivity contribution in [2.24, 2.45) is 0 Å². The van der Waals surface area contributed by atoms with Gasteiger partial charge in [0.1, 0.15) is 19.0 Å². The molecule has 1 aromatic carbocycles. The highest BCUT2D eigenvalue weighted by atomic mass is 16.6. The highest BCUT2D eigenvalue weighted by Crippen LogP contribution is 2.33. The summed E-state index contributed by atoms with van der Waals surface area (Å²) in [6, 6.07) is 9.58. The van der Waals surface area contributed by atoms with E-state index < -0.39 is 0 Å². The second-order valence-electron chi connectivity index (χ2n) is 6.37. The Labute approximate surface area is 146 Å². The van der Waals surface area contributed by atoms with Crippen molar-refractivity contribution in [3.63, 3.8) is 0 Å². The van der Waals surface area contributed by atoms with Crippen LogP contribution < -0.4 is 20.1 Å². The van der Waals surface area contributed by atoms with Crippen LogP contribution in [0.15, 0.2) is 36.5 Å². The number of amides is 1. The van der Waals surface area contributed by atoms with E-state index in [4.69, 9.17) is 9.47 Å². The monoisotopic (exact) mass is 339 g/mol. The predicted molar refractivity (Wildman–Crippen MR) is 94.7 cm³/mol. The molecule has 6 nitrogen and oxygen atoms in total. The molecule has 0 spiro atoms. The summed E-state index contributed by atoms with van der Waals surface area (Å²) < 4.78 is 11.1. The highest BCUT2D eigenvalue weighted by Gasteiger charge is 2.18. The number of carbonyl (C=O) groups excluding carboxylic acids is 1. The number of rotatable bonds is 4. The van der Waals surface area contributed by atoms with E-state index in [1.165, 1.54) is 12.8 Å². The van der Waals surface area contributed by atoms with Gasteiger partial charge in [0, 0.05) is 24.0 Å². The molecule has 2 aromatic rings. The standard InChI is InChI=1S/C19H21N3O3/c23-19(22-14-3-1-2-4-14)13-5-8-18(20-12-13)21-15-6-7-16-17(11-15)25-10-9-24-16/h5-8,11-12,14H,1-4,9-10H2,(H,20,21)(H,22,23). The molecule has 25 heavy (non-hydrogen) atoms. The van der Waals surface area contributed by atoms with Crippen LogP contribution in [0.4, 0.5) is 11.5 Å². The number of fused-ring (bicyclic) bond motifs is 1. The molecule has 0 radical (unpaired) electrons. The Morgan fingerprint density at radius 2 is 1.84 bits per heavy atom. The van der Waals surface area contributed by atoms with Crippen LogP contribution in [0.3, 0.4) is 0 Å². The van der Waals surface area contributed by atoms with Crippen LogP contribution in [0.1, 0.15) is 36.0 Å². The molecule has 2 heterocycles. The molecule has 0 saturated heterocycles. The SMILES string of the molecule is O=C(NC1CCCC1)c1ccc(Nc2ccc3c(c2)OCCO3)nc1. The summed E-state index contributed by atoms with van der Waals surface area (Å²) in [5.74, 6) is 2.10. The quantitative estimate of drug-likeness (QED) is 0.894. The summed E-state index contributed by atoms with van der Waals surface area (Å²) in [5.41, 5.74) is 1.44. The molecule has 1 fully saturated rings. The topological polar surface area (TPSA) is 72.5 Å². The average molecular weight is 339 g/mol. The zero-order chi connectivity index (χ0) is 17.1. The lowest BCUT2D eigenvalue weighted by Crippen LogP contribution is -2.32. The first kappa shape index (κ1) is 15.7. The van der Waals surface area contributed by atoms with E-state index in [2.05, 4.69) is 15.6 Å². The molecule has 1 amide bonds. The van der Waals surface area contributed by atoms with Gasteiger partial charge in [0.05, 0.1) is 5.56 Å². The van der Waals surface area contributed by atoms with Crippen molar-refractivity contribution in [2.75, 3.05) is 18.5 Å². The maximum absolute atomic E-state index is 12.2. The Balaban J connectivity index is 1.41. The zero-order valence-corrected chi connectivity index (χ0v) is 14.0. The molecule has 2 N–H and O–H groups in total. The van der Waals surface area contributed by atoms with Crippen molar-refractivity contribution < 1.29 is 14.3 Å². The summed E-state index contributed by atoms with van der Waals surface area (Å²) in [6.45, 7) is 1.13. The Hall–Kier alpha value is -2.76. The van der Waals surface area contributed by atoms with Crippen molar-refractivity contribution in [2.45, 2.75) is 31.7 Å². The Kier molecular flexibility index (Phi) is 4.41. The van der Waals surface area contributed by atoms with Crippen LogP contribution in [0.5, 0.6) is 11.5 Å². The summed E-state index contributed by atoms with van der Waals surface area (Å²) in [5, 5.41) is 6.28. The third-order valence-corrected chi connectivity index (χ3v) is 4.53. The maximum atomic E-state index is 12.2. The Morgan fingerprint density at radius 3 is 2.60 bits per heavy atom. The molecule has 1 aliphatic carbocycles. The van der Waals surface area contributed by atoms with Gasteiger partial charge in [-0.3, -0.25) is 4.79 Å². The van der Waals surface area contributed by atoms with E-state index >= 15 is 0 Å². The highest BCUT2D eigenvalue weighted by molar-refractivity contribution is 5.94. The van der Waals surface area contributed by atoms with Gasteiger partial charge in [0.25, 0.3) is 5.91 Å². The van der Waals surface area contributed by atoms with Gasteiger partial charge in [-0.1, -0.05) is 12.8 Å². The van der Waals surface area contributed by atoms with Gasteiger partial charge in [-0.15, -0.1) is 0 Å². The van der Waals surface area contributed by atoms with E-state index in [9.17, 15) is 4.79 Å². The Morgan fingerprint density at radius 1 is 1.04 bits per heavy atom. The first-order valence-electron chi connectivity index (χ1n) is 8.71. The number of hydrogen-bond donors (Lipinski definition) is 2. The number of aromatic nitrogens is 1. The summed E-state index contributed by atoms with van der Waals surface area (Å²) in [6.07, 6.45) is 6.14. The smallest absolute Gasteiger partial charge is 0.253 e. The number of anilines is 2. The fourth-order valence-corrected chi connectivity index (χ4v) is 3.21. The number of nitrogens with one attached hydrogen (secondary N) is 2. The lowest BCUT2D eigenvalue weighted by Gasteiger charge is -2.19. The number of carbonyl (C=O) groups is 1. The van der Waals surface area contributed by atoms with Gasteiger partial charge in [0.2, 0.25) is 0 Å². The summed E-state index contributed by atoms with van der Waals surface area (Å²) in [4.78, 5) is 16.6. The van der Waals surface area contributed by atoms with Crippen LogP contribution in [0, 0.1) is 0 Å². The fourth-order valence-electron chi connectivity index (χ4n) is 3.21. The van der Waals surface area contributed by atoms with Gasteiger partial charge in [-0.05, 0) is 37.1 Å². The minimum atomic E-state index is -0.0507. The van der Waals surface area contributed by atoms with Crippen LogP contribution in [0.2, 0.25) is 0 Å². The van der Waals surface area contributed by atoms with E-state index in [-0.39, 0.29) is 5.91 Å². The zero-order valence-electron chi connectivity index (χ0n) is 14.0. The van der Waals surface area contributed by atoms with Crippen molar-refractivity contribution in [3.8, 4) is 11.5 Å². The van der Waals surface area contributed by atoms with Gasteiger partial charge in [-0.25, -0.2) is 4.98 Å². The van der Waals surface area contributed by atoms with Gasteiger partial charge < -0.3 is 20.1 Å². The minimum absolute atomic E-state index is 0.0507. The van der Waals surface area contributed by atoms with E-state index in [0.29, 0.717) is 30.6 Å². The number of nitrogens with zero attached hydrogens (tertiary/aromatic N) is 1. The molecule has 1 aromatic heterocycles. The second kappa shape index (κ2) is 7.01. The van der Waals surface area contributed by atoms with Gasteiger partial charge in [-0.2, -0.15) is 0 Å². The molecule has 0 bridgehead atoms. The average Bonchev–Trinajstić information content (AvgIpc) is 3.15. The molecule has 6 heteroatoms. The van der Waals surface area contributed by atoms with Gasteiger partial charge in [0.15, 0.2) is 11.5 Å². The first-order chi connectivity index (χ1) is 12.3. The van der Waals surface area contributed by atoms with Crippen LogP contribution in [-0.4, -0.2) is 30.1 Å². The summed E-state index contributed by atoms with van der Waals surface area (Å²) >= 11 is 0. The normalized spacial score (nSPS) is 16.5. The second-order valence-corrected chi connectivity index (χ2v) is 6.37. The molecular weight excluding hydrogens is 318 g/mol. The number of hydrogen-bond acceptors (Lipinski definition) is 5. The number of pyridine rings is 1. The number of benzene rings is 1. The predicted octanol–water partition coefficient (Wildman–Crippen LogP) is 3.27. The molecule has 1 aliphatic heterocycles. The van der Waals surface area contributed by atoms with E-state index in [0.717, 1.165) is 30.0 Å². The van der Waals surface area contributed by atoms with Crippen molar-refractivity contribution >= 4 is 17.4 Å². The fraction of sp³-hybridized carbons (Fsp3) is 0.368. The van der Waals surface area contributed by atoms with E-state index in [1.807, 2.05) is 18.2 Å². The van der Waals surface area contributed by atoms with Crippen LogP contribution in [-0.2, 0) is 0 Å². The van der Waals surface area contributed by atoms with Crippen molar-refractivity contribution in [1.82, 2.24) is 10.3 Å². The third kappa shape index (κ3) is 3.68. The van der Waals surface area contributed by atoms with Crippen LogP contribution in [0.25, 0.3) is 0 Å². The maximum Gasteiger partial charge on any atom is 0.253 e. The molecule has 130 valence electrons. The molecule has 0 unspecified atom stereocenters. The number of ether oxygens (including phenoxy) is 2.